The molecule has 1 aromatic heterocycles. The summed E-state index contributed by atoms with van der Waals surface area (Å²) in [4.78, 5) is 0. The maximum Gasteiger partial charge on any atom is 0.176 e. The SMILES string of the molecule is Cc1cccc(C)c1-n1nnnc1C1(N)CCCC1. The number of hydrogen-bond acceptors (Lipinski definition) is 4. The normalized spacial score (nSPS) is 17.8. The summed E-state index contributed by atoms with van der Waals surface area (Å²) in [5, 5.41) is 12.2. The summed E-state index contributed by atoms with van der Waals surface area (Å²) < 4.78 is 1.83. The molecule has 0 radical (unpaired) electrons. The molecule has 0 unspecified atom stereocenters. The number of aromatic nitrogens is 4. The van der Waals surface area contributed by atoms with E-state index in [4.69, 9.17) is 5.73 Å². The molecule has 0 amide bonds. The van der Waals surface area contributed by atoms with Gasteiger partial charge in [0.25, 0.3) is 0 Å². The van der Waals surface area contributed by atoms with Gasteiger partial charge in [-0.15, -0.1) is 5.10 Å². The molecule has 1 fully saturated rings. The van der Waals surface area contributed by atoms with Crippen molar-refractivity contribution in [2.24, 2.45) is 5.73 Å². The van der Waals surface area contributed by atoms with Crippen LogP contribution in [0.5, 0.6) is 0 Å². The molecule has 0 saturated heterocycles. The van der Waals surface area contributed by atoms with Gasteiger partial charge in [-0.1, -0.05) is 31.0 Å². The van der Waals surface area contributed by atoms with E-state index in [-0.39, 0.29) is 5.54 Å². The van der Waals surface area contributed by atoms with Gasteiger partial charge < -0.3 is 5.73 Å². The molecule has 1 aliphatic carbocycles. The number of hydrogen-bond donors (Lipinski definition) is 1. The van der Waals surface area contributed by atoms with Crippen molar-refractivity contribution in [1.82, 2.24) is 20.2 Å². The fourth-order valence-corrected chi connectivity index (χ4v) is 3.02. The lowest BCUT2D eigenvalue weighted by Crippen LogP contribution is -2.36. The fourth-order valence-electron chi connectivity index (χ4n) is 3.02. The van der Waals surface area contributed by atoms with E-state index in [2.05, 4.69) is 41.5 Å². The van der Waals surface area contributed by atoms with Gasteiger partial charge in [0.1, 0.15) is 0 Å². The summed E-state index contributed by atoms with van der Waals surface area (Å²) in [6, 6.07) is 6.20. The Labute approximate surface area is 112 Å². The zero-order chi connectivity index (χ0) is 13.5. The lowest BCUT2D eigenvalue weighted by molar-refractivity contribution is 0.419. The summed E-state index contributed by atoms with van der Waals surface area (Å²) in [6.07, 6.45) is 4.21. The van der Waals surface area contributed by atoms with Crippen LogP contribution in [-0.4, -0.2) is 20.2 Å². The first-order chi connectivity index (χ1) is 9.12. The first-order valence-electron chi connectivity index (χ1n) is 6.76. The number of rotatable bonds is 2. The van der Waals surface area contributed by atoms with Crippen LogP contribution in [-0.2, 0) is 5.54 Å². The molecular weight excluding hydrogens is 238 g/mol. The molecule has 19 heavy (non-hydrogen) atoms. The number of nitrogens with two attached hydrogens (primary N) is 1. The Bertz CT molecular complexity index is 575. The van der Waals surface area contributed by atoms with Crippen LogP contribution in [0.1, 0.15) is 42.6 Å². The van der Waals surface area contributed by atoms with E-state index in [1.165, 1.54) is 0 Å². The molecule has 1 saturated carbocycles. The van der Waals surface area contributed by atoms with E-state index in [1.54, 1.807) is 0 Å². The van der Waals surface area contributed by atoms with Gasteiger partial charge in [0.2, 0.25) is 0 Å². The Morgan fingerprint density at radius 3 is 2.42 bits per heavy atom. The second-order valence-corrected chi connectivity index (χ2v) is 5.52. The van der Waals surface area contributed by atoms with Gasteiger partial charge in [-0.2, -0.15) is 4.68 Å². The van der Waals surface area contributed by atoms with Gasteiger partial charge in [0, 0.05) is 0 Å². The average molecular weight is 257 g/mol. The third kappa shape index (κ3) is 1.94. The fraction of sp³-hybridized carbons (Fsp3) is 0.500. The van der Waals surface area contributed by atoms with Crippen molar-refractivity contribution in [3.63, 3.8) is 0 Å². The highest BCUT2D eigenvalue weighted by molar-refractivity contribution is 5.47. The van der Waals surface area contributed by atoms with Crippen molar-refractivity contribution in [2.45, 2.75) is 45.1 Å². The standard InChI is InChI=1S/C14H19N5/c1-10-6-5-7-11(2)12(10)19-13(16-17-18-19)14(15)8-3-4-9-14/h5-7H,3-4,8-9,15H2,1-2H3. The molecule has 5 nitrogen and oxygen atoms in total. The van der Waals surface area contributed by atoms with Crippen LogP contribution < -0.4 is 5.73 Å². The van der Waals surface area contributed by atoms with Crippen LogP contribution in [0.25, 0.3) is 5.69 Å². The maximum absolute atomic E-state index is 6.50. The molecule has 0 atom stereocenters. The largest absolute Gasteiger partial charge is 0.319 e. The molecule has 2 aromatic rings. The lowest BCUT2D eigenvalue weighted by atomic mass is 9.97. The van der Waals surface area contributed by atoms with E-state index >= 15 is 0 Å². The molecule has 0 bridgehead atoms. The Balaban J connectivity index is 2.15. The van der Waals surface area contributed by atoms with E-state index < -0.39 is 0 Å². The van der Waals surface area contributed by atoms with E-state index in [1.807, 2.05) is 10.7 Å². The second kappa shape index (κ2) is 4.42. The molecule has 0 spiro atoms. The third-order valence-corrected chi connectivity index (χ3v) is 4.06. The predicted molar refractivity (Wildman–Crippen MR) is 73.0 cm³/mol. The molecule has 100 valence electrons. The molecule has 1 heterocycles. The van der Waals surface area contributed by atoms with Gasteiger partial charge in [-0.25, -0.2) is 0 Å². The van der Waals surface area contributed by atoms with Crippen LogP contribution in [0.4, 0.5) is 0 Å². The van der Waals surface area contributed by atoms with Crippen molar-refractivity contribution < 1.29 is 0 Å². The summed E-state index contributed by atoms with van der Waals surface area (Å²) in [5.41, 5.74) is 9.50. The number of para-hydroxylation sites is 1. The van der Waals surface area contributed by atoms with E-state index in [9.17, 15) is 0 Å². The predicted octanol–water partition coefficient (Wildman–Crippen LogP) is 2.01. The van der Waals surface area contributed by atoms with Crippen molar-refractivity contribution in [3.8, 4) is 5.69 Å². The topological polar surface area (TPSA) is 69.6 Å². The smallest absolute Gasteiger partial charge is 0.176 e. The van der Waals surface area contributed by atoms with E-state index in [0.717, 1.165) is 48.3 Å². The minimum Gasteiger partial charge on any atom is -0.319 e. The van der Waals surface area contributed by atoms with Crippen LogP contribution in [0, 0.1) is 13.8 Å². The average Bonchev–Trinajstić information content (AvgIpc) is 2.99. The highest BCUT2D eigenvalue weighted by Gasteiger charge is 2.37. The Morgan fingerprint density at radius 2 is 1.79 bits per heavy atom. The number of benzene rings is 1. The maximum atomic E-state index is 6.50. The number of tetrazole rings is 1. The minimum atomic E-state index is -0.377. The highest BCUT2D eigenvalue weighted by Crippen LogP contribution is 2.36. The quantitative estimate of drug-likeness (QED) is 0.893. The first-order valence-corrected chi connectivity index (χ1v) is 6.76. The zero-order valence-corrected chi connectivity index (χ0v) is 11.4. The number of nitrogens with zero attached hydrogens (tertiary/aromatic N) is 4. The van der Waals surface area contributed by atoms with Crippen molar-refractivity contribution in [1.29, 1.82) is 0 Å². The lowest BCUT2D eigenvalue weighted by Gasteiger charge is -2.23. The molecule has 1 aromatic carbocycles. The molecule has 5 heteroatoms. The Kier molecular flexibility index (Phi) is 2.86. The molecule has 3 rings (SSSR count). The van der Waals surface area contributed by atoms with Crippen LogP contribution >= 0.6 is 0 Å². The molecule has 2 N–H and O–H groups in total. The van der Waals surface area contributed by atoms with E-state index in [0.29, 0.717) is 0 Å². The van der Waals surface area contributed by atoms with Crippen molar-refractivity contribution >= 4 is 0 Å². The molecular formula is C14H19N5. The summed E-state index contributed by atoms with van der Waals surface area (Å²) >= 11 is 0. The van der Waals surface area contributed by atoms with Gasteiger partial charge >= 0.3 is 0 Å². The first kappa shape index (κ1) is 12.3. The summed E-state index contributed by atoms with van der Waals surface area (Å²) in [5.74, 6) is 0.794. The summed E-state index contributed by atoms with van der Waals surface area (Å²) in [7, 11) is 0. The van der Waals surface area contributed by atoms with Crippen LogP contribution in [0.15, 0.2) is 18.2 Å². The van der Waals surface area contributed by atoms with Crippen LogP contribution in [0.3, 0.4) is 0 Å². The Hall–Kier alpha value is -1.75. The summed E-state index contributed by atoms with van der Waals surface area (Å²) in [6.45, 7) is 4.15. The van der Waals surface area contributed by atoms with Gasteiger partial charge in [0.15, 0.2) is 5.82 Å². The third-order valence-electron chi connectivity index (χ3n) is 4.06. The van der Waals surface area contributed by atoms with Gasteiger partial charge in [-0.3, -0.25) is 0 Å². The zero-order valence-electron chi connectivity index (χ0n) is 11.4. The monoisotopic (exact) mass is 257 g/mol. The molecule has 0 aliphatic heterocycles. The molecule has 1 aliphatic rings. The Morgan fingerprint density at radius 1 is 1.16 bits per heavy atom. The van der Waals surface area contributed by atoms with Crippen molar-refractivity contribution in [3.05, 3.63) is 35.2 Å². The highest BCUT2D eigenvalue weighted by atomic mass is 15.6. The second-order valence-electron chi connectivity index (χ2n) is 5.52. The van der Waals surface area contributed by atoms with Gasteiger partial charge in [0.05, 0.1) is 11.2 Å². The van der Waals surface area contributed by atoms with Crippen LogP contribution in [0.2, 0.25) is 0 Å². The van der Waals surface area contributed by atoms with Gasteiger partial charge in [-0.05, 0) is 48.2 Å². The van der Waals surface area contributed by atoms with Crippen molar-refractivity contribution in [2.75, 3.05) is 0 Å². The minimum absolute atomic E-state index is 0.377. The number of aryl methyl sites for hydroxylation is 2.